The molecule has 1 saturated heterocycles. The number of hydrogen-bond donors (Lipinski definition) is 2. The Morgan fingerprint density at radius 1 is 1.52 bits per heavy atom. The first-order chi connectivity index (χ1) is 11.2. The molecule has 2 bridgehead atoms. The van der Waals surface area contributed by atoms with Gasteiger partial charge in [0.2, 0.25) is 11.8 Å². The van der Waals surface area contributed by atoms with E-state index in [9.17, 15) is 28.7 Å². The molecule has 0 aromatic rings. The fourth-order valence-electron chi connectivity index (χ4n) is 2.62. The number of aliphatic carboxylic acids is 1. The minimum atomic E-state index is -2.80. The average Bonchev–Trinajstić information content (AvgIpc) is 2.72. The molecule has 0 spiro atoms. The molecule has 3 N–H and O–H groups in total. The summed E-state index contributed by atoms with van der Waals surface area (Å²) in [4.78, 5) is 51.2. The fourth-order valence-corrected chi connectivity index (χ4v) is 2.62. The summed E-state index contributed by atoms with van der Waals surface area (Å²) in [5.41, 5.74) is 5.48. The number of carbonyl (C=O) groups excluding carboxylic acids is 4. The fraction of sp³-hybridized carbons (Fsp3) is 0.538. The largest absolute Gasteiger partial charge is 1.00 e. The first kappa shape index (κ1) is 21.0. The summed E-state index contributed by atoms with van der Waals surface area (Å²) < 4.78 is 13.2. The van der Waals surface area contributed by atoms with Crippen LogP contribution in [0.5, 0.6) is 0 Å². The molecule has 2 aliphatic heterocycles. The predicted octanol–water partition coefficient (Wildman–Crippen LogP) is -5.61. The van der Waals surface area contributed by atoms with Gasteiger partial charge >= 0.3 is 24.9 Å². The quantitative estimate of drug-likeness (QED) is 0.346. The number of hydrogen-bond acceptors (Lipinski definition) is 6. The molecule has 2 rings (SSSR count). The van der Waals surface area contributed by atoms with Gasteiger partial charge in [-0.1, -0.05) is 6.08 Å². The summed E-state index contributed by atoms with van der Waals surface area (Å²) in [5, 5.41) is 13.5. The standard InChI is InChI=1S/C13H17FN4O6.Li/c1-6-4-7-5-17(9(6)11(20)16-3-2-8(15)19)13(23)18(7)24-10(14)12(21)22;/h4,7,9-10H,2-3,5H2,1H3,(H2,15,19)(H,16,20)(H,21,22);/q;+1/p-1/t7-,9+,10-;/m1./s1. The molecule has 12 heteroatoms. The number of carbonyl (C=O) groups is 4. The van der Waals surface area contributed by atoms with E-state index in [1.165, 1.54) is 6.08 Å². The van der Waals surface area contributed by atoms with Crippen molar-refractivity contribution < 1.29 is 52.4 Å². The number of alkyl halides is 1. The van der Waals surface area contributed by atoms with Crippen LogP contribution >= 0.6 is 0 Å². The predicted molar refractivity (Wildman–Crippen MR) is 73.1 cm³/mol. The van der Waals surface area contributed by atoms with Gasteiger partial charge in [0.25, 0.3) is 6.36 Å². The Morgan fingerprint density at radius 2 is 2.16 bits per heavy atom. The Balaban J connectivity index is 0.00000312. The molecular weight excluding hydrogens is 334 g/mol. The zero-order chi connectivity index (χ0) is 18.0. The van der Waals surface area contributed by atoms with Gasteiger partial charge in [-0.05, 0) is 12.5 Å². The van der Waals surface area contributed by atoms with Crippen molar-refractivity contribution in [1.82, 2.24) is 15.3 Å². The van der Waals surface area contributed by atoms with Crippen LogP contribution in [0.25, 0.3) is 0 Å². The molecule has 0 unspecified atom stereocenters. The molecule has 0 aliphatic carbocycles. The van der Waals surface area contributed by atoms with Crippen LogP contribution in [-0.4, -0.2) is 65.3 Å². The number of rotatable bonds is 7. The number of nitrogens with two attached hydrogens (primary N) is 1. The molecular formula is C13H16FLiN4O6. The molecule has 2 heterocycles. The maximum atomic E-state index is 13.2. The Morgan fingerprint density at radius 3 is 2.72 bits per heavy atom. The first-order valence-corrected chi connectivity index (χ1v) is 7.08. The van der Waals surface area contributed by atoms with Crippen molar-refractivity contribution in [2.75, 3.05) is 13.1 Å². The summed E-state index contributed by atoms with van der Waals surface area (Å²) in [6, 6.07) is -2.52. The van der Waals surface area contributed by atoms with Crippen LogP contribution in [0.2, 0.25) is 0 Å². The van der Waals surface area contributed by atoms with Crippen LogP contribution in [0.4, 0.5) is 9.18 Å². The Bertz CT molecular complexity index is 615. The Labute approximate surface area is 154 Å². The zero-order valence-corrected chi connectivity index (χ0v) is 13.7. The van der Waals surface area contributed by atoms with Crippen molar-refractivity contribution in [3.63, 3.8) is 0 Å². The number of fused-ring (bicyclic) bond motifs is 2. The van der Waals surface area contributed by atoms with Gasteiger partial charge in [-0.25, -0.2) is 14.0 Å². The molecule has 4 amide bonds. The average molecular weight is 350 g/mol. The van der Waals surface area contributed by atoms with E-state index in [-0.39, 0.29) is 38.4 Å². The van der Waals surface area contributed by atoms with Gasteiger partial charge in [-0.3, -0.25) is 9.59 Å². The smallest absolute Gasteiger partial charge is 0.544 e. The molecule has 0 radical (unpaired) electrons. The van der Waals surface area contributed by atoms with Gasteiger partial charge in [0.1, 0.15) is 12.0 Å². The molecule has 1 fully saturated rings. The van der Waals surface area contributed by atoms with E-state index in [4.69, 9.17) is 5.73 Å². The molecule has 0 saturated carbocycles. The second-order valence-electron chi connectivity index (χ2n) is 5.39. The number of nitrogens with one attached hydrogen (secondary N) is 1. The number of carboxylic acids is 1. The molecule has 10 nitrogen and oxygen atoms in total. The van der Waals surface area contributed by atoms with Crippen LogP contribution in [0, 0.1) is 0 Å². The number of nitrogens with zero attached hydrogens (tertiary/aromatic N) is 2. The third kappa shape index (κ3) is 4.50. The topological polar surface area (TPSA) is 145 Å². The van der Waals surface area contributed by atoms with E-state index in [2.05, 4.69) is 10.2 Å². The third-order valence-corrected chi connectivity index (χ3v) is 3.63. The zero-order valence-electron chi connectivity index (χ0n) is 13.7. The van der Waals surface area contributed by atoms with E-state index < -0.39 is 42.3 Å². The number of primary amides is 1. The molecule has 0 aromatic carbocycles. The monoisotopic (exact) mass is 350 g/mol. The third-order valence-electron chi connectivity index (χ3n) is 3.63. The number of halogens is 1. The van der Waals surface area contributed by atoms with E-state index in [0.717, 1.165) is 4.90 Å². The molecule has 0 aromatic heterocycles. The van der Waals surface area contributed by atoms with Crippen molar-refractivity contribution in [3.05, 3.63) is 11.6 Å². The summed E-state index contributed by atoms with van der Waals surface area (Å²) in [6.45, 7) is 1.64. The van der Waals surface area contributed by atoms with Crippen molar-refractivity contribution in [2.24, 2.45) is 5.73 Å². The maximum absolute atomic E-state index is 13.2. The van der Waals surface area contributed by atoms with Crippen LogP contribution in [0.15, 0.2) is 11.6 Å². The van der Waals surface area contributed by atoms with Crippen molar-refractivity contribution in [1.29, 1.82) is 0 Å². The van der Waals surface area contributed by atoms with E-state index >= 15 is 0 Å². The van der Waals surface area contributed by atoms with Crippen molar-refractivity contribution >= 4 is 23.8 Å². The molecule has 3 atom stereocenters. The second-order valence-corrected chi connectivity index (χ2v) is 5.39. The normalized spacial score (nSPS) is 22.8. The Hall–Kier alpha value is -2.09. The van der Waals surface area contributed by atoms with Crippen LogP contribution in [0.1, 0.15) is 13.3 Å². The SMILES string of the molecule is CC1=C[C@@H]2CN(C(=O)N2O[C@@H](F)C(=O)[O-])[C@@H]1C(=O)NCCC(N)=O.[Li+]. The van der Waals surface area contributed by atoms with Gasteiger partial charge in [0.15, 0.2) is 0 Å². The number of amides is 4. The minimum absolute atomic E-state index is 0. The number of carboxylic acid groups (broad SMARTS) is 1. The summed E-state index contributed by atoms with van der Waals surface area (Å²) in [5.74, 6) is -3.23. The number of urea groups is 1. The van der Waals surface area contributed by atoms with Gasteiger partial charge < -0.3 is 25.9 Å². The van der Waals surface area contributed by atoms with Crippen molar-refractivity contribution in [3.8, 4) is 0 Å². The summed E-state index contributed by atoms with van der Waals surface area (Å²) in [6.07, 6.45) is -1.34. The summed E-state index contributed by atoms with van der Waals surface area (Å²) >= 11 is 0. The molecule has 132 valence electrons. The van der Waals surface area contributed by atoms with E-state index in [1.807, 2.05) is 0 Å². The van der Waals surface area contributed by atoms with Crippen molar-refractivity contribution in [2.45, 2.75) is 31.8 Å². The van der Waals surface area contributed by atoms with E-state index in [1.54, 1.807) is 6.92 Å². The second kappa shape index (κ2) is 8.33. The van der Waals surface area contributed by atoms with E-state index in [0.29, 0.717) is 10.6 Å². The minimum Gasteiger partial charge on any atom is -0.544 e. The van der Waals surface area contributed by atoms with Crippen LogP contribution in [-0.2, 0) is 19.2 Å². The molecule has 25 heavy (non-hydrogen) atoms. The first-order valence-electron chi connectivity index (χ1n) is 7.08. The van der Waals surface area contributed by atoms with Gasteiger partial charge in [-0.2, -0.15) is 5.06 Å². The maximum Gasteiger partial charge on any atom is 1.00 e. The Kier molecular flexibility index (Phi) is 6.98. The van der Waals surface area contributed by atoms with Crippen LogP contribution < -0.4 is 35.0 Å². The van der Waals surface area contributed by atoms with Gasteiger partial charge in [0.05, 0.1) is 12.6 Å². The van der Waals surface area contributed by atoms with Gasteiger partial charge in [-0.15, -0.1) is 0 Å². The summed E-state index contributed by atoms with van der Waals surface area (Å²) in [7, 11) is 0. The molecule has 2 aliphatic rings. The number of hydroxylamine groups is 2. The van der Waals surface area contributed by atoms with Crippen LogP contribution in [0.3, 0.4) is 0 Å². The van der Waals surface area contributed by atoms with Gasteiger partial charge in [0, 0.05) is 13.0 Å².